The summed E-state index contributed by atoms with van der Waals surface area (Å²) in [5, 5.41) is 9.80. The number of carboxylic acids is 1. The van der Waals surface area contributed by atoms with E-state index in [1.807, 2.05) is 6.07 Å². The molecule has 0 saturated heterocycles. The number of rotatable bonds is 6. The van der Waals surface area contributed by atoms with Crippen molar-refractivity contribution >= 4 is 16.9 Å². The normalized spacial score (nSPS) is 10.7. The maximum atomic E-state index is 12.7. The van der Waals surface area contributed by atoms with E-state index in [4.69, 9.17) is 18.6 Å². The summed E-state index contributed by atoms with van der Waals surface area (Å²) >= 11 is 0. The molecule has 0 saturated carbocycles. The van der Waals surface area contributed by atoms with Crippen LogP contribution in [0.1, 0.15) is 11.1 Å². The molecule has 2 aromatic carbocycles. The van der Waals surface area contributed by atoms with Crippen LogP contribution in [0, 0.1) is 6.92 Å². The first-order valence-electron chi connectivity index (χ1n) is 8.50. The second-order valence-corrected chi connectivity index (χ2v) is 6.11. The van der Waals surface area contributed by atoms with Crippen molar-refractivity contribution < 1.29 is 28.5 Å². The Labute approximate surface area is 161 Å². The lowest BCUT2D eigenvalue weighted by molar-refractivity contribution is -0.136. The second-order valence-electron chi connectivity index (χ2n) is 6.11. The van der Waals surface area contributed by atoms with E-state index >= 15 is 0 Å². The molecule has 0 atom stereocenters. The van der Waals surface area contributed by atoms with Gasteiger partial charge in [-0.25, -0.2) is 4.79 Å². The second kappa shape index (κ2) is 7.64. The third-order valence-corrected chi connectivity index (χ3v) is 4.54. The van der Waals surface area contributed by atoms with Crippen LogP contribution in [-0.2, 0) is 11.2 Å². The Morgan fingerprint density at radius 1 is 1.00 bits per heavy atom. The zero-order valence-corrected chi connectivity index (χ0v) is 16.0. The number of carboxylic acid groups (broad SMARTS) is 1. The summed E-state index contributed by atoms with van der Waals surface area (Å²) in [6, 6.07) is 9.04. The average molecular weight is 384 g/mol. The SMILES string of the molecule is COc1c(C)c(OC)c2c(-c3ccccc3)c(CC(=O)O)c(=O)oc2c1OC. The predicted octanol–water partition coefficient (Wildman–Crippen LogP) is 3.42. The van der Waals surface area contributed by atoms with Crippen molar-refractivity contribution in [3.05, 3.63) is 51.9 Å². The molecule has 0 spiro atoms. The summed E-state index contributed by atoms with van der Waals surface area (Å²) in [6.45, 7) is 1.79. The van der Waals surface area contributed by atoms with Gasteiger partial charge in [-0.15, -0.1) is 0 Å². The summed E-state index contributed by atoms with van der Waals surface area (Å²) < 4.78 is 22.0. The van der Waals surface area contributed by atoms with E-state index in [2.05, 4.69) is 0 Å². The lowest BCUT2D eigenvalue weighted by Crippen LogP contribution is -2.15. The summed E-state index contributed by atoms with van der Waals surface area (Å²) in [5.74, 6) is -0.103. The Balaban J connectivity index is 2.63. The van der Waals surface area contributed by atoms with E-state index in [1.54, 1.807) is 31.2 Å². The van der Waals surface area contributed by atoms with Crippen molar-refractivity contribution in [2.75, 3.05) is 21.3 Å². The standard InChI is InChI=1S/C21H20O7/c1-11-17(25-2)16-15(12-8-6-5-7-9-12)13(10-14(22)23)21(24)28-19(16)20(27-4)18(11)26-3/h5-9H,10H2,1-4H3,(H,22,23). The van der Waals surface area contributed by atoms with E-state index in [-0.39, 0.29) is 16.9 Å². The van der Waals surface area contributed by atoms with Crippen LogP contribution in [0.3, 0.4) is 0 Å². The quantitative estimate of drug-likeness (QED) is 0.651. The molecule has 1 N–H and O–H groups in total. The van der Waals surface area contributed by atoms with Crippen molar-refractivity contribution in [1.82, 2.24) is 0 Å². The monoisotopic (exact) mass is 384 g/mol. The molecule has 0 aliphatic rings. The molecule has 0 aliphatic heterocycles. The summed E-state index contributed by atoms with van der Waals surface area (Å²) in [7, 11) is 4.41. The van der Waals surface area contributed by atoms with E-state index in [0.29, 0.717) is 33.6 Å². The third kappa shape index (κ3) is 3.05. The van der Waals surface area contributed by atoms with E-state index in [9.17, 15) is 14.7 Å². The van der Waals surface area contributed by atoms with Crippen LogP contribution in [0.25, 0.3) is 22.1 Å². The molecule has 0 radical (unpaired) electrons. The van der Waals surface area contributed by atoms with Crippen LogP contribution in [0.2, 0.25) is 0 Å². The van der Waals surface area contributed by atoms with Crippen molar-refractivity contribution in [2.24, 2.45) is 0 Å². The highest BCUT2D eigenvalue weighted by Gasteiger charge is 2.28. The molecular formula is C21H20O7. The van der Waals surface area contributed by atoms with Gasteiger partial charge in [-0.2, -0.15) is 0 Å². The maximum Gasteiger partial charge on any atom is 0.340 e. The Morgan fingerprint density at radius 2 is 1.61 bits per heavy atom. The molecule has 7 nitrogen and oxygen atoms in total. The fourth-order valence-corrected chi connectivity index (χ4v) is 3.43. The molecule has 1 heterocycles. The largest absolute Gasteiger partial charge is 0.496 e. The van der Waals surface area contributed by atoms with E-state index in [1.165, 1.54) is 21.3 Å². The minimum Gasteiger partial charge on any atom is -0.496 e. The van der Waals surface area contributed by atoms with Crippen LogP contribution in [-0.4, -0.2) is 32.4 Å². The zero-order valence-electron chi connectivity index (χ0n) is 16.0. The van der Waals surface area contributed by atoms with Gasteiger partial charge in [0.15, 0.2) is 11.3 Å². The van der Waals surface area contributed by atoms with Crippen LogP contribution in [0.4, 0.5) is 0 Å². The highest BCUT2D eigenvalue weighted by molar-refractivity contribution is 6.04. The molecule has 3 rings (SSSR count). The summed E-state index contributed by atoms with van der Waals surface area (Å²) in [6.07, 6.45) is -0.487. The van der Waals surface area contributed by atoms with Gasteiger partial charge in [0, 0.05) is 11.1 Å². The Hall–Kier alpha value is -3.48. The van der Waals surface area contributed by atoms with Gasteiger partial charge in [0.2, 0.25) is 5.75 Å². The number of benzene rings is 2. The Morgan fingerprint density at radius 3 is 2.14 bits per heavy atom. The first kappa shape index (κ1) is 19.3. The summed E-state index contributed by atoms with van der Waals surface area (Å²) in [5.41, 5.74) is 1.18. The van der Waals surface area contributed by atoms with E-state index < -0.39 is 18.0 Å². The first-order chi connectivity index (χ1) is 13.4. The number of carbonyl (C=O) groups is 1. The molecule has 7 heteroatoms. The molecule has 3 aromatic rings. The van der Waals surface area contributed by atoms with Gasteiger partial charge >= 0.3 is 11.6 Å². The number of fused-ring (bicyclic) bond motifs is 1. The van der Waals surface area contributed by atoms with Crippen molar-refractivity contribution in [2.45, 2.75) is 13.3 Å². The number of ether oxygens (including phenoxy) is 3. The van der Waals surface area contributed by atoms with Crippen molar-refractivity contribution in [3.8, 4) is 28.4 Å². The van der Waals surface area contributed by atoms with Gasteiger partial charge in [-0.1, -0.05) is 30.3 Å². The minimum atomic E-state index is -1.14. The fraction of sp³-hybridized carbons (Fsp3) is 0.238. The number of hydrogen-bond acceptors (Lipinski definition) is 6. The third-order valence-electron chi connectivity index (χ3n) is 4.54. The molecule has 146 valence electrons. The highest BCUT2D eigenvalue weighted by atomic mass is 16.5. The first-order valence-corrected chi connectivity index (χ1v) is 8.50. The lowest BCUT2D eigenvalue weighted by atomic mass is 9.93. The maximum absolute atomic E-state index is 12.7. The van der Waals surface area contributed by atoms with Gasteiger partial charge < -0.3 is 23.7 Å². The van der Waals surface area contributed by atoms with Gasteiger partial charge in [0.25, 0.3) is 0 Å². The van der Waals surface area contributed by atoms with E-state index in [0.717, 1.165) is 0 Å². The number of aliphatic carboxylic acids is 1. The highest BCUT2D eigenvalue weighted by Crippen LogP contribution is 2.48. The topological polar surface area (TPSA) is 95.2 Å². The summed E-state index contributed by atoms with van der Waals surface area (Å²) in [4.78, 5) is 24.2. The molecule has 0 fully saturated rings. The number of hydrogen-bond donors (Lipinski definition) is 1. The lowest BCUT2D eigenvalue weighted by Gasteiger charge is -2.20. The average Bonchev–Trinajstić information content (AvgIpc) is 2.68. The van der Waals surface area contributed by atoms with Crippen LogP contribution < -0.4 is 19.8 Å². The molecule has 28 heavy (non-hydrogen) atoms. The van der Waals surface area contributed by atoms with Crippen LogP contribution >= 0.6 is 0 Å². The fourth-order valence-electron chi connectivity index (χ4n) is 3.43. The Kier molecular flexibility index (Phi) is 5.26. The van der Waals surface area contributed by atoms with Gasteiger partial charge in [0.05, 0.1) is 38.7 Å². The van der Waals surface area contributed by atoms with Crippen molar-refractivity contribution in [3.63, 3.8) is 0 Å². The molecule has 0 unspecified atom stereocenters. The van der Waals surface area contributed by atoms with Gasteiger partial charge in [-0.3, -0.25) is 4.79 Å². The van der Waals surface area contributed by atoms with Crippen LogP contribution in [0.15, 0.2) is 39.5 Å². The molecular weight excluding hydrogens is 364 g/mol. The Bertz CT molecular complexity index is 1100. The van der Waals surface area contributed by atoms with Crippen LogP contribution in [0.5, 0.6) is 17.2 Å². The van der Waals surface area contributed by atoms with Gasteiger partial charge in [-0.05, 0) is 12.5 Å². The zero-order chi connectivity index (χ0) is 20.4. The van der Waals surface area contributed by atoms with Gasteiger partial charge in [0.1, 0.15) is 5.75 Å². The minimum absolute atomic E-state index is 0.0381. The number of methoxy groups -OCH3 is 3. The molecule has 1 aromatic heterocycles. The molecule has 0 bridgehead atoms. The predicted molar refractivity (Wildman–Crippen MR) is 104 cm³/mol. The molecule has 0 amide bonds. The van der Waals surface area contributed by atoms with Crippen molar-refractivity contribution in [1.29, 1.82) is 0 Å². The smallest absolute Gasteiger partial charge is 0.340 e. The molecule has 0 aliphatic carbocycles.